The van der Waals surface area contributed by atoms with Crippen LogP contribution >= 0.6 is 11.9 Å². The monoisotopic (exact) mass is 601 g/mol. The van der Waals surface area contributed by atoms with Crippen LogP contribution in [0.15, 0.2) is 51.9 Å². The highest BCUT2D eigenvalue weighted by Crippen LogP contribution is 2.47. The number of alkyl halides is 3. The summed E-state index contributed by atoms with van der Waals surface area (Å²) in [5.74, 6) is 0.296. The average molecular weight is 602 g/mol. The first kappa shape index (κ1) is 27.6. The maximum absolute atomic E-state index is 13.1. The van der Waals surface area contributed by atoms with E-state index in [4.69, 9.17) is 14.0 Å². The Bertz CT molecular complexity index is 1480. The number of benzene rings is 2. The van der Waals surface area contributed by atoms with Gasteiger partial charge in [-0.2, -0.15) is 0 Å². The van der Waals surface area contributed by atoms with E-state index >= 15 is 0 Å². The van der Waals surface area contributed by atoms with Crippen LogP contribution in [0, 0.1) is 0 Å². The van der Waals surface area contributed by atoms with Crippen molar-refractivity contribution in [3.05, 3.63) is 59.4 Å². The first-order valence-electron chi connectivity index (χ1n) is 14.2. The molecule has 8 nitrogen and oxygen atoms in total. The summed E-state index contributed by atoms with van der Waals surface area (Å²) in [5, 5.41) is 4.20. The highest BCUT2D eigenvalue weighted by Gasteiger charge is 2.43. The minimum absolute atomic E-state index is 0.00407. The number of aromatic nitrogens is 1. The summed E-state index contributed by atoms with van der Waals surface area (Å²) in [6.45, 7) is 0.213. The lowest BCUT2D eigenvalue weighted by Gasteiger charge is -2.40. The van der Waals surface area contributed by atoms with E-state index < -0.39 is 12.4 Å². The minimum Gasteiger partial charge on any atom is -0.468 e. The number of methoxy groups -OCH3 is 1. The highest BCUT2D eigenvalue weighted by molar-refractivity contribution is 7.97. The third kappa shape index (κ3) is 5.24. The van der Waals surface area contributed by atoms with Crippen LogP contribution in [0.2, 0.25) is 0 Å². The van der Waals surface area contributed by atoms with Gasteiger partial charge in [-0.25, -0.2) is 9.52 Å². The molecule has 2 bridgehead atoms. The summed E-state index contributed by atoms with van der Waals surface area (Å²) < 4.78 is 63.9. The number of halogens is 3. The van der Waals surface area contributed by atoms with E-state index in [0.29, 0.717) is 29.1 Å². The van der Waals surface area contributed by atoms with Gasteiger partial charge in [-0.1, -0.05) is 23.4 Å². The molecule has 3 aromatic rings. The predicted octanol–water partition coefficient (Wildman–Crippen LogP) is 6.66. The van der Waals surface area contributed by atoms with Crippen molar-refractivity contribution >= 4 is 23.6 Å². The summed E-state index contributed by atoms with van der Waals surface area (Å²) in [4.78, 5) is 15.6. The second-order valence-electron chi connectivity index (χ2n) is 11.3. The maximum Gasteiger partial charge on any atom is 0.573 e. The van der Waals surface area contributed by atoms with E-state index in [0.717, 1.165) is 54.7 Å². The molecule has 42 heavy (non-hydrogen) atoms. The lowest BCUT2D eigenvalue weighted by molar-refractivity contribution is -0.274. The molecule has 222 valence electrons. The van der Waals surface area contributed by atoms with Gasteiger partial charge in [-0.05, 0) is 80.3 Å². The number of anilines is 1. The summed E-state index contributed by atoms with van der Waals surface area (Å²) in [6.07, 6.45) is 0.912. The number of nitrogens with one attached hydrogen (secondary N) is 1. The molecule has 12 heteroatoms. The van der Waals surface area contributed by atoms with Crippen molar-refractivity contribution in [1.29, 1.82) is 0 Å². The number of carbonyl (C=O) groups is 1. The third-order valence-corrected chi connectivity index (χ3v) is 9.54. The minimum atomic E-state index is -4.82. The van der Waals surface area contributed by atoms with Crippen molar-refractivity contribution < 1.29 is 36.7 Å². The van der Waals surface area contributed by atoms with Gasteiger partial charge in [0.1, 0.15) is 23.2 Å². The number of esters is 1. The van der Waals surface area contributed by atoms with E-state index in [2.05, 4.69) is 31.6 Å². The Morgan fingerprint density at radius 1 is 1.12 bits per heavy atom. The molecule has 2 aromatic carbocycles. The van der Waals surface area contributed by atoms with Gasteiger partial charge in [0.05, 0.1) is 19.8 Å². The van der Waals surface area contributed by atoms with Crippen LogP contribution in [-0.4, -0.2) is 42.8 Å². The first-order chi connectivity index (χ1) is 20.3. The smallest absolute Gasteiger partial charge is 0.468 e. The second kappa shape index (κ2) is 10.8. The van der Waals surface area contributed by atoms with Crippen LogP contribution < -0.4 is 14.4 Å². The van der Waals surface area contributed by atoms with Crippen LogP contribution in [-0.2, 0) is 20.9 Å². The summed E-state index contributed by atoms with van der Waals surface area (Å²) >= 11 is 1.45. The molecule has 4 heterocycles. The topological polar surface area (TPSA) is 86.1 Å². The fourth-order valence-electron chi connectivity index (χ4n) is 6.59. The molecule has 1 aromatic heterocycles. The van der Waals surface area contributed by atoms with Crippen molar-refractivity contribution in [3.63, 3.8) is 0 Å². The normalized spacial score (nSPS) is 25.0. The molecule has 3 unspecified atom stereocenters. The van der Waals surface area contributed by atoms with E-state index in [9.17, 15) is 18.0 Å². The van der Waals surface area contributed by atoms with Crippen LogP contribution in [0.3, 0.4) is 0 Å². The fraction of sp³-hybridized carbons (Fsp3) is 0.467. The van der Waals surface area contributed by atoms with E-state index in [1.54, 1.807) is 12.1 Å². The largest absolute Gasteiger partial charge is 0.573 e. The lowest BCUT2D eigenvalue weighted by atomic mass is 9.97. The Kier molecular flexibility index (Phi) is 7.10. The molecule has 3 fully saturated rings. The molecule has 1 aliphatic carbocycles. The van der Waals surface area contributed by atoms with Crippen molar-refractivity contribution in [1.82, 2.24) is 9.88 Å². The van der Waals surface area contributed by atoms with Crippen LogP contribution in [0.25, 0.3) is 11.3 Å². The molecule has 2 saturated heterocycles. The summed E-state index contributed by atoms with van der Waals surface area (Å²) in [7, 11) is 1.39. The molecule has 1 N–H and O–H groups in total. The maximum atomic E-state index is 13.1. The van der Waals surface area contributed by atoms with Gasteiger partial charge >= 0.3 is 12.3 Å². The molecule has 0 spiro atoms. The van der Waals surface area contributed by atoms with Crippen molar-refractivity contribution in [3.8, 4) is 17.0 Å². The number of hydrogen-bond donors (Lipinski definition) is 1. The third-order valence-electron chi connectivity index (χ3n) is 8.62. The van der Waals surface area contributed by atoms with Crippen molar-refractivity contribution in [2.24, 2.45) is 0 Å². The van der Waals surface area contributed by atoms with Crippen LogP contribution in [0.5, 0.6) is 5.75 Å². The molecule has 0 amide bonds. The predicted molar refractivity (Wildman–Crippen MR) is 148 cm³/mol. The number of piperidine rings is 1. The van der Waals surface area contributed by atoms with Crippen LogP contribution in [0.4, 0.5) is 18.9 Å². The Morgan fingerprint density at radius 2 is 1.88 bits per heavy atom. The van der Waals surface area contributed by atoms with Crippen molar-refractivity contribution in [2.75, 3.05) is 12.0 Å². The standard InChI is InChI=1S/C30H30F3N3O5S/c1-38-29(37)27-22-11-10-19(14-25(22)42-35-27)36-17-8-9-18(36)13-20(12-17)39-15-23-26(34-41-28(23)16-6-7-16)21-4-2-3-5-24(21)40-30(31,32)33/h2-5,10-11,14,16-18,20,27,35H,6-9,12-13,15H2,1H3/t17-,18?,20?,27?/m0/s1. The average Bonchev–Trinajstić information content (AvgIpc) is 3.49. The van der Waals surface area contributed by atoms with E-state index in [1.165, 1.54) is 31.2 Å². The van der Waals surface area contributed by atoms with Crippen LogP contribution in [0.1, 0.15) is 67.4 Å². The molecule has 4 aliphatic rings. The van der Waals surface area contributed by atoms with Gasteiger partial charge in [0.25, 0.3) is 0 Å². The molecular formula is C30H30F3N3O5S. The molecule has 4 atom stereocenters. The number of nitrogens with zero attached hydrogens (tertiary/aromatic N) is 2. The van der Waals surface area contributed by atoms with E-state index in [1.807, 2.05) is 6.07 Å². The zero-order valence-electron chi connectivity index (χ0n) is 22.9. The fourth-order valence-corrected chi connectivity index (χ4v) is 7.54. The van der Waals surface area contributed by atoms with Gasteiger partial charge in [0.15, 0.2) is 0 Å². The Balaban J connectivity index is 1.07. The van der Waals surface area contributed by atoms with E-state index in [-0.39, 0.29) is 35.9 Å². The van der Waals surface area contributed by atoms with Crippen molar-refractivity contribution in [2.45, 2.75) is 86.5 Å². The van der Waals surface area contributed by atoms with Gasteiger partial charge in [0.2, 0.25) is 0 Å². The Hall–Kier alpha value is -3.22. The number of ether oxygens (including phenoxy) is 3. The molecular weight excluding hydrogens is 571 g/mol. The van der Waals surface area contributed by atoms with Gasteiger partial charge in [-0.3, -0.25) is 0 Å². The van der Waals surface area contributed by atoms with Gasteiger partial charge < -0.3 is 23.6 Å². The number of fused-ring (bicyclic) bond motifs is 3. The molecule has 7 rings (SSSR count). The quantitative estimate of drug-likeness (QED) is 0.225. The molecule has 3 aliphatic heterocycles. The summed E-state index contributed by atoms with van der Waals surface area (Å²) in [5.41, 5.74) is 3.34. The lowest BCUT2D eigenvalue weighted by Crippen LogP contribution is -2.45. The van der Waals surface area contributed by atoms with Gasteiger partial charge in [-0.15, -0.1) is 13.2 Å². The first-order valence-corrected chi connectivity index (χ1v) is 15.0. The summed E-state index contributed by atoms with van der Waals surface area (Å²) in [6, 6.07) is 12.4. The number of hydrogen-bond acceptors (Lipinski definition) is 9. The van der Waals surface area contributed by atoms with Gasteiger partial charge in [0, 0.05) is 39.7 Å². The second-order valence-corrected chi connectivity index (χ2v) is 12.2. The molecule has 0 radical (unpaired) electrons. The Labute approximate surface area is 245 Å². The number of rotatable bonds is 8. The Morgan fingerprint density at radius 3 is 2.60 bits per heavy atom. The SMILES string of the molecule is COC(=O)C1NSc2cc(N3C4CC[C@H]3CC(OCc3c(-c5ccccc5OC(F)(F)F)noc3C3CC3)C4)ccc21. The zero-order valence-corrected chi connectivity index (χ0v) is 23.7. The zero-order chi connectivity index (χ0) is 29.0. The number of para-hydroxylation sites is 1. The highest BCUT2D eigenvalue weighted by atomic mass is 32.2. The number of carbonyl (C=O) groups excluding carboxylic acids is 1. The molecule has 1 saturated carbocycles.